The number of nitrogens with two attached hydrogens (primary N) is 1. The third kappa shape index (κ3) is 3.54. The molecule has 1 fully saturated rings. The maximum atomic E-state index is 6.46. The first-order chi connectivity index (χ1) is 9.00. The van der Waals surface area contributed by atoms with E-state index in [1.807, 2.05) is 13.2 Å². The molecular formula is C14H27N5. The van der Waals surface area contributed by atoms with Crippen molar-refractivity contribution in [3.8, 4) is 0 Å². The molecule has 1 aromatic rings. The van der Waals surface area contributed by atoms with Gasteiger partial charge in [0.15, 0.2) is 0 Å². The molecule has 1 aliphatic heterocycles. The first-order valence-electron chi connectivity index (χ1n) is 7.36. The predicted octanol–water partition coefficient (Wildman–Crippen LogP) is 1.34. The summed E-state index contributed by atoms with van der Waals surface area (Å²) in [6, 6.07) is 0.0855. The van der Waals surface area contributed by atoms with Crippen LogP contribution in [0.4, 0.5) is 0 Å². The van der Waals surface area contributed by atoms with Crippen molar-refractivity contribution in [3.05, 3.63) is 11.9 Å². The van der Waals surface area contributed by atoms with Gasteiger partial charge < -0.3 is 5.73 Å². The lowest BCUT2D eigenvalue weighted by Crippen LogP contribution is -2.57. The zero-order chi connectivity index (χ0) is 13.9. The lowest BCUT2D eigenvalue weighted by molar-refractivity contribution is 0.0975. The molecule has 2 N–H and O–H groups in total. The summed E-state index contributed by atoms with van der Waals surface area (Å²) in [7, 11) is 1.89. The fourth-order valence-corrected chi connectivity index (χ4v) is 2.85. The highest BCUT2D eigenvalue weighted by Crippen LogP contribution is 2.24. The van der Waals surface area contributed by atoms with Crippen molar-refractivity contribution < 1.29 is 0 Å². The fourth-order valence-electron chi connectivity index (χ4n) is 2.85. The average Bonchev–Trinajstić information content (AvgIpc) is 2.63. The zero-order valence-corrected chi connectivity index (χ0v) is 12.5. The van der Waals surface area contributed by atoms with Gasteiger partial charge >= 0.3 is 0 Å². The van der Waals surface area contributed by atoms with Crippen LogP contribution in [-0.4, -0.2) is 44.6 Å². The molecule has 1 aliphatic rings. The van der Waals surface area contributed by atoms with Crippen LogP contribution in [0.1, 0.15) is 45.2 Å². The summed E-state index contributed by atoms with van der Waals surface area (Å²) < 4.78 is 1.74. The van der Waals surface area contributed by atoms with Gasteiger partial charge in [-0.3, -0.25) is 9.58 Å². The van der Waals surface area contributed by atoms with Gasteiger partial charge in [0, 0.05) is 31.2 Å². The Hall–Kier alpha value is -0.940. The van der Waals surface area contributed by atoms with E-state index < -0.39 is 0 Å². The minimum absolute atomic E-state index is 0.0157. The maximum Gasteiger partial charge on any atom is 0.0843 e. The largest absolute Gasteiger partial charge is 0.326 e. The highest BCUT2D eigenvalue weighted by Gasteiger charge is 2.33. The van der Waals surface area contributed by atoms with Crippen LogP contribution in [0.5, 0.6) is 0 Å². The number of aryl methyl sites for hydroxylation is 1. The molecule has 0 radical (unpaired) electrons. The molecule has 1 atom stereocenters. The number of rotatable bonds is 4. The number of hydrogen-bond acceptors (Lipinski definition) is 4. The van der Waals surface area contributed by atoms with E-state index in [0.29, 0.717) is 0 Å². The molecule has 2 rings (SSSR count). The maximum absolute atomic E-state index is 6.46. The number of likely N-dealkylation sites (tertiary alicyclic amines) is 1. The Morgan fingerprint density at radius 1 is 1.26 bits per heavy atom. The van der Waals surface area contributed by atoms with E-state index >= 15 is 0 Å². The number of nitrogens with zero attached hydrogens (tertiary/aromatic N) is 4. The minimum Gasteiger partial charge on any atom is -0.326 e. The molecule has 1 unspecified atom stereocenters. The second-order valence-corrected chi connectivity index (χ2v) is 6.25. The van der Waals surface area contributed by atoms with Crippen LogP contribution in [0.15, 0.2) is 6.20 Å². The van der Waals surface area contributed by atoms with E-state index in [1.165, 1.54) is 38.8 Å². The topological polar surface area (TPSA) is 60.0 Å². The monoisotopic (exact) mass is 265 g/mol. The summed E-state index contributed by atoms with van der Waals surface area (Å²) in [6.45, 7) is 6.86. The average molecular weight is 265 g/mol. The molecule has 0 aliphatic carbocycles. The summed E-state index contributed by atoms with van der Waals surface area (Å²) in [4.78, 5) is 2.56. The van der Waals surface area contributed by atoms with Gasteiger partial charge in [0.2, 0.25) is 0 Å². The second-order valence-electron chi connectivity index (χ2n) is 6.25. The van der Waals surface area contributed by atoms with Crippen molar-refractivity contribution in [2.75, 3.05) is 13.1 Å². The van der Waals surface area contributed by atoms with E-state index in [-0.39, 0.29) is 11.6 Å². The van der Waals surface area contributed by atoms with Gasteiger partial charge in [-0.2, -0.15) is 0 Å². The van der Waals surface area contributed by atoms with Gasteiger partial charge in [-0.05, 0) is 39.8 Å². The summed E-state index contributed by atoms with van der Waals surface area (Å²) in [6.07, 6.45) is 8.04. The van der Waals surface area contributed by atoms with Crippen molar-refractivity contribution in [2.45, 2.75) is 57.5 Å². The van der Waals surface area contributed by atoms with Crippen LogP contribution < -0.4 is 5.73 Å². The highest BCUT2D eigenvalue weighted by molar-refractivity contribution is 5.02. The summed E-state index contributed by atoms with van der Waals surface area (Å²) >= 11 is 0. The van der Waals surface area contributed by atoms with Crippen molar-refractivity contribution in [1.82, 2.24) is 19.9 Å². The van der Waals surface area contributed by atoms with Crippen molar-refractivity contribution >= 4 is 0 Å². The minimum atomic E-state index is 0.0157. The van der Waals surface area contributed by atoms with Crippen LogP contribution >= 0.6 is 0 Å². The third-order valence-electron chi connectivity index (χ3n) is 4.41. The van der Waals surface area contributed by atoms with Crippen molar-refractivity contribution in [1.29, 1.82) is 0 Å². The van der Waals surface area contributed by atoms with Gasteiger partial charge in [-0.1, -0.05) is 18.1 Å². The first kappa shape index (κ1) is 14.5. The number of hydrogen-bond donors (Lipinski definition) is 1. The van der Waals surface area contributed by atoms with Crippen LogP contribution in [0.3, 0.4) is 0 Å². The lowest BCUT2D eigenvalue weighted by Gasteiger charge is -2.42. The van der Waals surface area contributed by atoms with Crippen LogP contribution in [0.25, 0.3) is 0 Å². The molecule has 1 aromatic heterocycles. The predicted molar refractivity (Wildman–Crippen MR) is 76.8 cm³/mol. The normalized spacial score (nSPS) is 20.2. The Kier molecular flexibility index (Phi) is 4.58. The van der Waals surface area contributed by atoms with Crippen LogP contribution in [0, 0.1) is 0 Å². The Morgan fingerprint density at radius 3 is 2.42 bits per heavy atom. The molecule has 0 aromatic carbocycles. The van der Waals surface area contributed by atoms with Gasteiger partial charge in [-0.15, -0.1) is 5.10 Å². The third-order valence-corrected chi connectivity index (χ3v) is 4.41. The van der Waals surface area contributed by atoms with E-state index in [0.717, 1.165) is 12.1 Å². The quantitative estimate of drug-likeness (QED) is 0.892. The fraction of sp³-hybridized carbons (Fsp3) is 0.857. The summed E-state index contributed by atoms with van der Waals surface area (Å²) in [5.74, 6) is 0. The van der Waals surface area contributed by atoms with Gasteiger partial charge in [0.1, 0.15) is 0 Å². The van der Waals surface area contributed by atoms with Gasteiger partial charge in [0.25, 0.3) is 0 Å². The van der Waals surface area contributed by atoms with Gasteiger partial charge in [-0.25, -0.2) is 0 Å². The Labute approximate surface area is 116 Å². The molecule has 0 spiro atoms. The van der Waals surface area contributed by atoms with Gasteiger partial charge in [0.05, 0.1) is 5.69 Å². The number of aromatic nitrogens is 3. The molecule has 0 bridgehead atoms. The molecule has 19 heavy (non-hydrogen) atoms. The molecule has 5 nitrogen and oxygen atoms in total. The van der Waals surface area contributed by atoms with E-state index in [2.05, 4.69) is 29.1 Å². The molecule has 1 saturated heterocycles. The summed E-state index contributed by atoms with van der Waals surface area (Å²) in [5.41, 5.74) is 7.46. The molecule has 5 heteroatoms. The van der Waals surface area contributed by atoms with E-state index in [1.54, 1.807) is 4.68 Å². The van der Waals surface area contributed by atoms with Crippen molar-refractivity contribution in [3.63, 3.8) is 0 Å². The van der Waals surface area contributed by atoms with Crippen molar-refractivity contribution in [2.24, 2.45) is 12.8 Å². The standard InChI is InChI=1S/C14H27N5/c1-14(2,19-8-6-4-5-7-9-19)13(15)10-12-11-18(3)17-16-12/h11,13H,4-10,15H2,1-3H3. The Balaban J connectivity index is 2.00. The molecule has 108 valence electrons. The van der Waals surface area contributed by atoms with E-state index in [4.69, 9.17) is 5.73 Å². The first-order valence-corrected chi connectivity index (χ1v) is 7.36. The second kappa shape index (κ2) is 6.01. The van der Waals surface area contributed by atoms with Crippen LogP contribution in [0.2, 0.25) is 0 Å². The summed E-state index contributed by atoms with van der Waals surface area (Å²) in [5, 5.41) is 8.12. The molecule has 0 saturated carbocycles. The van der Waals surface area contributed by atoms with E-state index in [9.17, 15) is 0 Å². The zero-order valence-electron chi connectivity index (χ0n) is 12.5. The molecular weight excluding hydrogens is 238 g/mol. The Bertz CT molecular complexity index is 390. The SMILES string of the molecule is Cn1cc(CC(N)C(C)(C)N2CCCCCC2)nn1. The smallest absolute Gasteiger partial charge is 0.0843 e. The molecule has 2 heterocycles. The molecule has 0 amide bonds. The highest BCUT2D eigenvalue weighted by atomic mass is 15.4. The Morgan fingerprint density at radius 2 is 1.89 bits per heavy atom. The van der Waals surface area contributed by atoms with Crippen LogP contribution in [-0.2, 0) is 13.5 Å². The lowest BCUT2D eigenvalue weighted by atomic mass is 9.89.